The normalized spacial score (nSPS) is 11.7. The number of rotatable bonds is 4. The molecular formula is C14H12ClN2O2S-. The summed E-state index contributed by atoms with van der Waals surface area (Å²) in [4.78, 5) is 3.50. The Balaban J connectivity index is 2.09. The molecule has 2 rings (SSSR count). The number of nitrogens with zero attached hydrogens (tertiary/aromatic N) is 2. The van der Waals surface area contributed by atoms with Crippen LogP contribution in [0.25, 0.3) is 4.83 Å². The van der Waals surface area contributed by atoms with Crippen LogP contribution in [-0.4, -0.2) is 14.6 Å². The van der Waals surface area contributed by atoms with Crippen molar-refractivity contribution in [3.05, 3.63) is 69.5 Å². The van der Waals surface area contributed by atoms with Gasteiger partial charge in [0, 0.05) is 11.2 Å². The molecule has 4 nitrogen and oxygen atoms in total. The molecule has 0 amide bonds. The van der Waals surface area contributed by atoms with E-state index in [0.717, 1.165) is 11.1 Å². The highest BCUT2D eigenvalue weighted by Crippen LogP contribution is 2.17. The Kier molecular flexibility index (Phi) is 4.42. The molecule has 0 unspecified atom stereocenters. The minimum Gasteiger partial charge on any atom is -0.491 e. The monoisotopic (exact) mass is 307 g/mol. The van der Waals surface area contributed by atoms with Gasteiger partial charge in [0.15, 0.2) is 0 Å². The van der Waals surface area contributed by atoms with E-state index in [0.29, 0.717) is 5.02 Å². The smallest absolute Gasteiger partial charge is 0.135 e. The molecule has 0 fully saturated rings. The van der Waals surface area contributed by atoms with Gasteiger partial charge < -0.3 is 9.93 Å². The molecule has 0 bridgehead atoms. The van der Waals surface area contributed by atoms with Crippen LogP contribution in [0.4, 0.5) is 0 Å². The van der Waals surface area contributed by atoms with E-state index in [9.17, 15) is 8.42 Å². The van der Waals surface area contributed by atoms with Crippen molar-refractivity contribution < 1.29 is 8.42 Å². The van der Waals surface area contributed by atoms with Crippen molar-refractivity contribution in [1.29, 1.82) is 0 Å². The van der Waals surface area contributed by atoms with Crippen LogP contribution < -0.4 is 0 Å². The molecule has 0 aliphatic heterocycles. The van der Waals surface area contributed by atoms with Crippen LogP contribution in [0.3, 0.4) is 0 Å². The number of hydrogen-bond acceptors (Lipinski definition) is 3. The summed E-state index contributed by atoms with van der Waals surface area (Å²) in [6, 6.07) is 13.3. The van der Waals surface area contributed by atoms with Crippen LogP contribution in [0, 0.1) is 6.92 Å². The van der Waals surface area contributed by atoms with Crippen molar-refractivity contribution in [2.24, 2.45) is 5.10 Å². The molecule has 104 valence electrons. The second-order valence-corrected chi connectivity index (χ2v) is 6.19. The highest BCUT2D eigenvalue weighted by Gasteiger charge is 2.02. The van der Waals surface area contributed by atoms with Crippen LogP contribution in [-0.2, 0) is 10.0 Å². The predicted molar refractivity (Wildman–Crippen MR) is 80.8 cm³/mol. The molecule has 0 heterocycles. The molecule has 6 heteroatoms. The van der Waals surface area contributed by atoms with E-state index in [1.807, 2.05) is 6.92 Å². The van der Waals surface area contributed by atoms with Gasteiger partial charge in [-0.05, 0) is 36.8 Å². The van der Waals surface area contributed by atoms with Crippen molar-refractivity contribution in [2.75, 3.05) is 0 Å². The van der Waals surface area contributed by atoms with E-state index >= 15 is 0 Å². The Hall–Kier alpha value is -1.85. The van der Waals surface area contributed by atoms with Gasteiger partial charge in [0.05, 0.1) is 4.90 Å². The number of halogens is 1. The Morgan fingerprint density at radius 2 is 1.65 bits per heavy atom. The molecule has 0 N–H and O–H groups in total. The lowest BCUT2D eigenvalue weighted by Crippen LogP contribution is -1.97. The molecule has 2 aromatic rings. The highest BCUT2D eigenvalue weighted by atomic mass is 35.5. The van der Waals surface area contributed by atoms with Crippen molar-refractivity contribution in [2.45, 2.75) is 11.8 Å². The quantitative estimate of drug-likeness (QED) is 0.638. The maximum absolute atomic E-state index is 11.9. The van der Waals surface area contributed by atoms with E-state index < -0.39 is 10.0 Å². The fourth-order valence-corrected chi connectivity index (χ4v) is 2.33. The van der Waals surface area contributed by atoms with E-state index in [4.69, 9.17) is 11.6 Å². The molecule has 2 aromatic carbocycles. The van der Waals surface area contributed by atoms with Crippen LogP contribution in [0.15, 0.2) is 58.5 Å². The number of hydrogen-bond donors (Lipinski definition) is 0. The van der Waals surface area contributed by atoms with Gasteiger partial charge in [-0.25, -0.2) is 8.42 Å². The van der Waals surface area contributed by atoms with Gasteiger partial charge in [-0.2, -0.15) is 0 Å². The molecule has 0 aliphatic rings. The first-order valence-electron chi connectivity index (χ1n) is 5.80. The lowest BCUT2D eigenvalue weighted by atomic mass is 10.2. The lowest BCUT2D eigenvalue weighted by molar-refractivity contribution is 0.602. The average Bonchev–Trinajstić information content (AvgIpc) is 2.41. The zero-order valence-electron chi connectivity index (χ0n) is 10.7. The third-order valence-electron chi connectivity index (χ3n) is 2.55. The summed E-state index contributed by atoms with van der Waals surface area (Å²) in [7, 11) is -3.75. The van der Waals surface area contributed by atoms with Gasteiger partial charge in [-0.1, -0.05) is 41.4 Å². The van der Waals surface area contributed by atoms with Gasteiger partial charge >= 0.3 is 0 Å². The van der Waals surface area contributed by atoms with E-state index in [-0.39, 0.29) is 4.90 Å². The summed E-state index contributed by atoms with van der Waals surface area (Å²) < 4.78 is 23.8. The molecule has 0 saturated carbocycles. The van der Waals surface area contributed by atoms with Crippen molar-refractivity contribution in [1.82, 2.24) is 0 Å². The zero-order valence-corrected chi connectivity index (χ0v) is 12.3. The number of benzene rings is 2. The van der Waals surface area contributed by atoms with Crippen molar-refractivity contribution in [3.63, 3.8) is 0 Å². The third kappa shape index (κ3) is 3.82. The summed E-state index contributed by atoms with van der Waals surface area (Å²) >= 11 is 5.75. The minimum atomic E-state index is -3.75. The van der Waals surface area contributed by atoms with E-state index in [1.54, 1.807) is 36.4 Å². The average molecular weight is 308 g/mol. The summed E-state index contributed by atoms with van der Waals surface area (Å²) in [5, 5.41) is 4.21. The third-order valence-corrected chi connectivity index (χ3v) is 3.98. The van der Waals surface area contributed by atoms with Gasteiger partial charge in [0.25, 0.3) is 0 Å². The molecule has 20 heavy (non-hydrogen) atoms. The number of aryl methyl sites for hydroxylation is 1. The van der Waals surface area contributed by atoms with Crippen LogP contribution in [0.2, 0.25) is 5.02 Å². The molecule has 0 aromatic heterocycles. The standard InChI is InChI=1S/C14H12ClN2O2S/c1-11-2-8-14(9-3-11)20(18,19)17-16-10-12-4-6-13(15)7-5-12/h2-10H,1H3/q-1/b16-10+. The fraction of sp³-hybridized carbons (Fsp3) is 0.0714. The van der Waals surface area contributed by atoms with Crippen molar-refractivity contribution in [3.8, 4) is 0 Å². The van der Waals surface area contributed by atoms with Crippen LogP contribution in [0.5, 0.6) is 0 Å². The maximum atomic E-state index is 11.9. The second kappa shape index (κ2) is 6.07. The van der Waals surface area contributed by atoms with Gasteiger partial charge in [-0.15, -0.1) is 0 Å². The summed E-state index contributed by atoms with van der Waals surface area (Å²) in [6.07, 6.45) is 1.36. The zero-order chi connectivity index (χ0) is 14.6. The lowest BCUT2D eigenvalue weighted by Gasteiger charge is -2.15. The molecule has 0 saturated heterocycles. The minimum absolute atomic E-state index is 0.122. The summed E-state index contributed by atoms with van der Waals surface area (Å²) in [5.74, 6) is 0. The SMILES string of the molecule is Cc1ccc(S(=O)(=O)[N-]/N=C/c2ccc(Cl)cc2)cc1. The Labute approximate surface area is 123 Å². The molecule has 0 atom stereocenters. The van der Waals surface area contributed by atoms with Crippen LogP contribution in [0.1, 0.15) is 11.1 Å². The first-order valence-corrected chi connectivity index (χ1v) is 7.62. The highest BCUT2D eigenvalue weighted by molar-refractivity contribution is 7.93. The molecule has 0 spiro atoms. The molecular weight excluding hydrogens is 296 g/mol. The predicted octanol–water partition coefficient (Wildman–Crippen LogP) is 3.74. The Morgan fingerprint density at radius 3 is 2.25 bits per heavy atom. The van der Waals surface area contributed by atoms with Crippen molar-refractivity contribution >= 4 is 27.8 Å². The van der Waals surface area contributed by atoms with E-state index in [2.05, 4.69) is 9.93 Å². The van der Waals surface area contributed by atoms with Gasteiger partial charge in [0.2, 0.25) is 0 Å². The van der Waals surface area contributed by atoms with Gasteiger partial charge in [-0.3, -0.25) is 0 Å². The Bertz CT molecular complexity index is 708. The molecule has 0 aliphatic carbocycles. The number of sulfonamides is 1. The van der Waals surface area contributed by atoms with Crippen LogP contribution >= 0.6 is 11.6 Å². The molecule has 0 radical (unpaired) electrons. The largest absolute Gasteiger partial charge is 0.491 e. The Morgan fingerprint density at radius 1 is 1.05 bits per heavy atom. The maximum Gasteiger partial charge on any atom is 0.135 e. The topological polar surface area (TPSA) is 60.6 Å². The fourth-order valence-electron chi connectivity index (χ4n) is 1.46. The first-order chi connectivity index (χ1) is 9.47. The van der Waals surface area contributed by atoms with E-state index in [1.165, 1.54) is 18.3 Å². The summed E-state index contributed by atoms with van der Waals surface area (Å²) in [6.45, 7) is 1.88. The first kappa shape index (κ1) is 14.6. The second-order valence-electron chi connectivity index (χ2n) is 4.17. The van der Waals surface area contributed by atoms with Gasteiger partial charge in [0.1, 0.15) is 10.0 Å². The summed E-state index contributed by atoms with van der Waals surface area (Å²) in [5.41, 5.74) is 1.70.